The van der Waals surface area contributed by atoms with E-state index in [2.05, 4.69) is 21.1 Å². The van der Waals surface area contributed by atoms with E-state index in [9.17, 15) is 9.90 Å². The Hall–Kier alpha value is -2.39. The smallest absolute Gasteiger partial charge is 0.198 e. The van der Waals surface area contributed by atoms with Gasteiger partial charge in [0.05, 0.1) is 26.7 Å². The molecule has 0 fully saturated rings. The van der Waals surface area contributed by atoms with Crippen molar-refractivity contribution in [1.29, 1.82) is 0 Å². The lowest BCUT2D eigenvalue weighted by molar-refractivity contribution is 0.105. The van der Waals surface area contributed by atoms with Crippen LogP contribution in [0.15, 0.2) is 48.5 Å². The van der Waals surface area contributed by atoms with Gasteiger partial charge in [0.25, 0.3) is 0 Å². The van der Waals surface area contributed by atoms with Crippen molar-refractivity contribution in [3.05, 3.63) is 65.2 Å². The molecule has 1 aliphatic carbocycles. The molecular weight excluding hydrogens is 262 g/mol. The molecule has 2 aromatic rings. The third-order valence-electron chi connectivity index (χ3n) is 3.82. The molecule has 0 aromatic heterocycles. The first-order valence-electron chi connectivity index (χ1n) is 6.89. The van der Waals surface area contributed by atoms with E-state index in [1.165, 1.54) is 0 Å². The van der Waals surface area contributed by atoms with Crippen LogP contribution < -0.4 is 4.48 Å². The van der Waals surface area contributed by atoms with Gasteiger partial charge < -0.3 is 5.11 Å². The van der Waals surface area contributed by atoms with Gasteiger partial charge in [0.1, 0.15) is 11.4 Å². The number of ketones is 1. The second kappa shape index (κ2) is 4.57. The quantitative estimate of drug-likeness (QED) is 0.855. The lowest BCUT2D eigenvalue weighted by Crippen LogP contribution is -2.34. The number of nitrogens with zero attached hydrogens (tertiary/aromatic N) is 1. The maximum absolute atomic E-state index is 12.5. The Morgan fingerprint density at radius 3 is 1.95 bits per heavy atom. The number of rotatable bonds is 2. The number of hydrogen-bond acceptors (Lipinski definition) is 2. The van der Waals surface area contributed by atoms with Crippen LogP contribution >= 0.6 is 0 Å². The second-order valence-corrected chi connectivity index (χ2v) is 6.16. The van der Waals surface area contributed by atoms with Crippen molar-refractivity contribution in [2.24, 2.45) is 0 Å². The van der Waals surface area contributed by atoms with Crippen molar-refractivity contribution in [1.82, 2.24) is 4.48 Å². The molecule has 0 saturated heterocycles. The van der Waals surface area contributed by atoms with E-state index in [1.54, 1.807) is 12.1 Å². The first kappa shape index (κ1) is 13.6. The molecule has 0 amide bonds. The van der Waals surface area contributed by atoms with Gasteiger partial charge in [-0.2, -0.15) is 0 Å². The summed E-state index contributed by atoms with van der Waals surface area (Å²) in [6, 6.07) is 14.9. The number of quaternary nitrogens is 1. The Morgan fingerprint density at radius 2 is 1.43 bits per heavy atom. The highest BCUT2D eigenvalue weighted by Crippen LogP contribution is 2.37. The second-order valence-electron chi connectivity index (χ2n) is 6.16. The monoisotopic (exact) mass is 280 g/mol. The lowest BCUT2D eigenvalue weighted by Gasteiger charge is -2.23. The molecule has 0 saturated carbocycles. The van der Waals surface area contributed by atoms with Crippen molar-refractivity contribution in [3.8, 4) is 0 Å². The normalized spacial score (nSPS) is 14.5. The minimum Gasteiger partial charge on any atom is -0.507 e. The van der Waals surface area contributed by atoms with Gasteiger partial charge in [-0.25, -0.2) is 0 Å². The molecule has 3 nitrogen and oxygen atoms in total. The number of aliphatic hydroxyl groups is 1. The van der Waals surface area contributed by atoms with Gasteiger partial charge in [0.2, 0.25) is 0 Å². The molecule has 0 unspecified atom stereocenters. The Labute approximate surface area is 124 Å². The lowest BCUT2D eigenvalue weighted by atomic mass is 10.0. The Kier molecular flexibility index (Phi) is 2.96. The van der Waals surface area contributed by atoms with Gasteiger partial charge in [-0.1, -0.05) is 24.3 Å². The van der Waals surface area contributed by atoms with Crippen LogP contribution in [0.2, 0.25) is 0 Å². The molecule has 1 aliphatic rings. The fourth-order valence-electron chi connectivity index (χ4n) is 2.61. The molecule has 2 aromatic carbocycles. The van der Waals surface area contributed by atoms with E-state index in [0.717, 1.165) is 11.3 Å². The zero-order chi connectivity index (χ0) is 15.2. The van der Waals surface area contributed by atoms with Crippen molar-refractivity contribution in [3.63, 3.8) is 0 Å². The predicted octanol–water partition coefficient (Wildman–Crippen LogP) is 3.51. The predicted molar refractivity (Wildman–Crippen MR) is 86.2 cm³/mol. The highest BCUT2D eigenvalue weighted by atomic mass is 16.3. The van der Waals surface area contributed by atoms with E-state index in [4.69, 9.17) is 0 Å². The standard InChI is InChI=1S/C18H17NO2/c1-19(2,3)13-10-8-12(9-11-13)16-17(20)14-6-4-5-7-15(14)18(16)21/h4-11H,1-3H3/p+1. The zero-order valence-corrected chi connectivity index (χ0v) is 12.4. The summed E-state index contributed by atoms with van der Waals surface area (Å²) in [7, 11) is 6.26. The number of fused-ring (bicyclic) bond motifs is 1. The van der Waals surface area contributed by atoms with E-state index in [-0.39, 0.29) is 11.5 Å². The molecule has 0 spiro atoms. The number of benzene rings is 2. The van der Waals surface area contributed by atoms with Crippen LogP contribution in [0, 0.1) is 0 Å². The fraction of sp³-hybridized carbons (Fsp3) is 0.167. The third kappa shape index (κ3) is 2.16. The van der Waals surface area contributed by atoms with Gasteiger partial charge >= 0.3 is 0 Å². The Balaban J connectivity index is 2.07. The Morgan fingerprint density at radius 1 is 0.857 bits per heavy atom. The molecule has 0 atom stereocenters. The molecule has 0 bridgehead atoms. The summed E-state index contributed by atoms with van der Waals surface area (Å²) in [5.41, 5.74) is 3.48. The summed E-state index contributed by atoms with van der Waals surface area (Å²) in [5, 5.41) is 10.3. The number of Topliss-reactive ketones (excluding diaryl/α,β-unsaturated/α-hetero) is 1. The number of aliphatic hydroxyl groups excluding tert-OH is 1. The van der Waals surface area contributed by atoms with Crippen LogP contribution in [-0.2, 0) is 0 Å². The van der Waals surface area contributed by atoms with Gasteiger partial charge in [-0.05, 0) is 29.8 Å². The topological polar surface area (TPSA) is 37.3 Å². The molecule has 1 N–H and O–H groups in total. The maximum Gasteiger partial charge on any atom is 0.198 e. The zero-order valence-electron chi connectivity index (χ0n) is 12.4. The summed E-state index contributed by atoms with van der Waals surface area (Å²) in [6.45, 7) is 0. The van der Waals surface area contributed by atoms with Crippen molar-refractivity contribution >= 4 is 22.8 Å². The minimum absolute atomic E-state index is 0.0774. The number of hydrogen-bond donors (Lipinski definition) is 1. The van der Waals surface area contributed by atoms with Gasteiger partial charge in [-0.3, -0.25) is 9.28 Å². The molecule has 0 heterocycles. The average molecular weight is 280 g/mol. The van der Waals surface area contributed by atoms with E-state index < -0.39 is 0 Å². The first-order valence-corrected chi connectivity index (χ1v) is 6.89. The summed E-state index contributed by atoms with van der Waals surface area (Å²) in [5.74, 6) is -0.0327. The number of carbonyl (C=O) groups excluding carboxylic acids is 1. The molecular formula is C18H18NO2+. The highest BCUT2D eigenvalue weighted by molar-refractivity contribution is 6.38. The minimum atomic E-state index is -0.110. The van der Waals surface area contributed by atoms with Crippen LogP contribution in [0.4, 0.5) is 5.69 Å². The van der Waals surface area contributed by atoms with Gasteiger partial charge in [-0.15, -0.1) is 0 Å². The summed E-state index contributed by atoms with van der Waals surface area (Å²) in [4.78, 5) is 12.5. The molecule has 0 radical (unpaired) electrons. The summed E-state index contributed by atoms with van der Waals surface area (Å²) < 4.78 is 0.708. The number of allylic oxidation sites excluding steroid dienone is 1. The highest BCUT2D eigenvalue weighted by Gasteiger charge is 2.30. The Bertz CT molecular complexity index is 750. The third-order valence-corrected chi connectivity index (χ3v) is 3.82. The largest absolute Gasteiger partial charge is 0.507 e. The van der Waals surface area contributed by atoms with Crippen LogP contribution in [0.25, 0.3) is 11.3 Å². The summed E-state index contributed by atoms with van der Waals surface area (Å²) >= 11 is 0. The molecule has 106 valence electrons. The fourth-order valence-corrected chi connectivity index (χ4v) is 2.61. The average Bonchev–Trinajstić information content (AvgIpc) is 2.71. The van der Waals surface area contributed by atoms with Crippen molar-refractivity contribution in [2.45, 2.75) is 0 Å². The van der Waals surface area contributed by atoms with E-state index >= 15 is 0 Å². The molecule has 0 aliphatic heterocycles. The summed E-state index contributed by atoms with van der Waals surface area (Å²) in [6.07, 6.45) is 0. The number of carbonyl (C=O) groups is 1. The molecule has 3 heteroatoms. The molecule has 3 rings (SSSR count). The molecule has 21 heavy (non-hydrogen) atoms. The van der Waals surface area contributed by atoms with Crippen molar-refractivity contribution in [2.75, 3.05) is 21.1 Å². The van der Waals surface area contributed by atoms with Gasteiger partial charge in [0.15, 0.2) is 5.78 Å². The SMILES string of the molecule is C[N+](C)(C)c1ccc(C2=C(O)c3ccccc3C2=O)cc1. The maximum atomic E-state index is 12.5. The van der Waals surface area contributed by atoms with Crippen LogP contribution in [0.3, 0.4) is 0 Å². The van der Waals surface area contributed by atoms with Crippen LogP contribution in [0.1, 0.15) is 21.5 Å². The van der Waals surface area contributed by atoms with E-state index in [0.29, 0.717) is 21.2 Å². The van der Waals surface area contributed by atoms with Crippen LogP contribution in [-0.4, -0.2) is 32.0 Å². The van der Waals surface area contributed by atoms with E-state index in [1.807, 2.05) is 36.4 Å². The van der Waals surface area contributed by atoms with Crippen LogP contribution in [0.5, 0.6) is 0 Å². The van der Waals surface area contributed by atoms with Gasteiger partial charge in [0, 0.05) is 11.1 Å². The van der Waals surface area contributed by atoms with Crippen molar-refractivity contribution < 1.29 is 9.90 Å². The first-order chi connectivity index (χ1) is 9.89.